The third-order valence-corrected chi connectivity index (χ3v) is 3.61. The van der Waals surface area contributed by atoms with Crippen LogP contribution >= 0.6 is 0 Å². The molecule has 1 aromatic carbocycles. The van der Waals surface area contributed by atoms with Crippen LogP contribution in [0.5, 0.6) is 11.7 Å². The van der Waals surface area contributed by atoms with Gasteiger partial charge in [-0.05, 0) is 37.5 Å². The molecule has 120 valence electrons. The molecule has 1 atom stereocenters. The molecule has 2 amide bonds. The highest BCUT2D eigenvalue weighted by Crippen LogP contribution is 2.23. The predicted molar refractivity (Wildman–Crippen MR) is 83.3 cm³/mol. The molecule has 1 aliphatic heterocycles. The van der Waals surface area contributed by atoms with Gasteiger partial charge in [0.1, 0.15) is 11.8 Å². The largest absolute Gasteiger partial charge is 0.426 e. The molecule has 23 heavy (non-hydrogen) atoms. The summed E-state index contributed by atoms with van der Waals surface area (Å²) in [5.74, 6) is 0.398. The van der Waals surface area contributed by atoms with Gasteiger partial charge < -0.3 is 19.8 Å². The van der Waals surface area contributed by atoms with E-state index >= 15 is 0 Å². The molecule has 3 rings (SSSR count). The van der Waals surface area contributed by atoms with E-state index in [1.807, 2.05) is 18.2 Å². The van der Waals surface area contributed by atoms with Crippen molar-refractivity contribution in [2.75, 3.05) is 6.54 Å². The first-order valence-corrected chi connectivity index (χ1v) is 7.64. The summed E-state index contributed by atoms with van der Waals surface area (Å²) < 4.78 is 10.9. The molecule has 6 heteroatoms. The zero-order valence-electron chi connectivity index (χ0n) is 12.6. The van der Waals surface area contributed by atoms with E-state index in [0.29, 0.717) is 18.7 Å². The van der Waals surface area contributed by atoms with Crippen molar-refractivity contribution in [3.8, 4) is 11.7 Å². The molecule has 0 saturated carbocycles. The van der Waals surface area contributed by atoms with Gasteiger partial charge in [-0.25, -0.2) is 0 Å². The van der Waals surface area contributed by atoms with Crippen molar-refractivity contribution in [3.05, 3.63) is 48.2 Å². The zero-order valence-corrected chi connectivity index (χ0v) is 12.6. The number of benzene rings is 1. The molecule has 0 radical (unpaired) electrons. The van der Waals surface area contributed by atoms with Crippen LogP contribution in [-0.2, 0) is 4.79 Å². The number of carbonyl (C=O) groups excluding carboxylic acids is 2. The van der Waals surface area contributed by atoms with Crippen molar-refractivity contribution >= 4 is 11.8 Å². The van der Waals surface area contributed by atoms with Crippen molar-refractivity contribution in [1.82, 2.24) is 10.6 Å². The van der Waals surface area contributed by atoms with Crippen LogP contribution in [0.25, 0.3) is 0 Å². The predicted octanol–water partition coefficient (Wildman–Crippen LogP) is 2.47. The molecule has 2 aromatic rings. The molecule has 6 nitrogen and oxygen atoms in total. The van der Waals surface area contributed by atoms with Crippen LogP contribution in [0, 0.1) is 0 Å². The molecule has 1 aromatic heterocycles. The van der Waals surface area contributed by atoms with Crippen LogP contribution in [0.15, 0.2) is 46.9 Å². The van der Waals surface area contributed by atoms with E-state index in [9.17, 15) is 9.59 Å². The number of hydrogen-bond donors (Lipinski definition) is 2. The number of rotatable bonds is 4. The Hall–Kier alpha value is -2.76. The number of carbonyl (C=O) groups is 2. The van der Waals surface area contributed by atoms with E-state index in [2.05, 4.69) is 10.6 Å². The maximum atomic E-state index is 12.2. The Morgan fingerprint density at radius 3 is 2.83 bits per heavy atom. The SMILES string of the molecule is O=C(NC1CCCCNC1=O)c1ccc(Oc2ccccc2)o1. The summed E-state index contributed by atoms with van der Waals surface area (Å²) in [6, 6.07) is 11.7. The summed E-state index contributed by atoms with van der Waals surface area (Å²) in [5.41, 5.74) is 0. The fourth-order valence-corrected chi connectivity index (χ4v) is 2.41. The first-order chi connectivity index (χ1) is 11.2. The maximum Gasteiger partial charge on any atom is 0.290 e. The summed E-state index contributed by atoms with van der Waals surface area (Å²) >= 11 is 0. The van der Waals surface area contributed by atoms with Crippen LogP contribution in [-0.4, -0.2) is 24.4 Å². The van der Waals surface area contributed by atoms with Crippen LogP contribution < -0.4 is 15.4 Å². The van der Waals surface area contributed by atoms with Gasteiger partial charge in [0.05, 0.1) is 0 Å². The first kappa shape index (κ1) is 15.1. The van der Waals surface area contributed by atoms with Crippen molar-refractivity contribution in [2.24, 2.45) is 0 Å². The molecule has 1 saturated heterocycles. The van der Waals surface area contributed by atoms with E-state index in [4.69, 9.17) is 9.15 Å². The highest BCUT2D eigenvalue weighted by molar-refractivity contribution is 5.95. The fraction of sp³-hybridized carbons (Fsp3) is 0.294. The Kier molecular flexibility index (Phi) is 4.61. The van der Waals surface area contributed by atoms with E-state index in [0.717, 1.165) is 12.8 Å². The lowest BCUT2D eigenvalue weighted by atomic mass is 10.1. The van der Waals surface area contributed by atoms with Crippen LogP contribution in [0.4, 0.5) is 0 Å². The number of para-hydroxylation sites is 1. The van der Waals surface area contributed by atoms with E-state index in [1.165, 1.54) is 6.07 Å². The quantitative estimate of drug-likeness (QED) is 0.908. The standard InChI is InChI=1S/C17H18N2O4/c20-16-13(8-4-5-11-18-16)19-17(21)14-9-10-15(23-14)22-12-6-2-1-3-7-12/h1-3,6-7,9-10,13H,4-5,8,11H2,(H,18,20)(H,19,21). The molecule has 1 unspecified atom stereocenters. The molecular formula is C17H18N2O4. The first-order valence-electron chi connectivity index (χ1n) is 7.64. The average molecular weight is 314 g/mol. The molecular weight excluding hydrogens is 296 g/mol. The minimum absolute atomic E-state index is 0.118. The molecule has 1 fully saturated rings. The Labute approximate surface area is 133 Å². The average Bonchev–Trinajstić information content (AvgIpc) is 2.93. The van der Waals surface area contributed by atoms with Gasteiger partial charge in [-0.1, -0.05) is 18.2 Å². The Morgan fingerprint density at radius 2 is 2.00 bits per heavy atom. The summed E-state index contributed by atoms with van der Waals surface area (Å²) in [4.78, 5) is 24.0. The molecule has 1 aliphatic rings. The summed E-state index contributed by atoms with van der Waals surface area (Å²) in [5, 5.41) is 5.48. The van der Waals surface area contributed by atoms with E-state index < -0.39 is 11.9 Å². The number of hydrogen-bond acceptors (Lipinski definition) is 4. The second-order valence-corrected chi connectivity index (χ2v) is 5.35. The maximum absolute atomic E-state index is 12.2. The van der Waals surface area contributed by atoms with Gasteiger partial charge in [-0.15, -0.1) is 0 Å². The van der Waals surface area contributed by atoms with Crippen molar-refractivity contribution in [2.45, 2.75) is 25.3 Å². The lowest BCUT2D eigenvalue weighted by Gasteiger charge is -2.13. The number of nitrogens with one attached hydrogen (secondary N) is 2. The van der Waals surface area contributed by atoms with Crippen LogP contribution in [0.2, 0.25) is 0 Å². The normalized spacial score (nSPS) is 17.9. The van der Waals surface area contributed by atoms with Gasteiger partial charge in [0.25, 0.3) is 11.9 Å². The van der Waals surface area contributed by atoms with Crippen LogP contribution in [0.1, 0.15) is 29.8 Å². The van der Waals surface area contributed by atoms with E-state index in [1.54, 1.807) is 18.2 Å². The lowest BCUT2D eigenvalue weighted by Crippen LogP contribution is -2.45. The highest BCUT2D eigenvalue weighted by Gasteiger charge is 2.24. The number of furan rings is 1. The molecule has 0 aliphatic carbocycles. The Morgan fingerprint density at radius 1 is 1.17 bits per heavy atom. The van der Waals surface area contributed by atoms with Crippen LogP contribution in [0.3, 0.4) is 0 Å². The molecule has 2 N–H and O–H groups in total. The van der Waals surface area contributed by atoms with Gasteiger partial charge in [-0.3, -0.25) is 9.59 Å². The summed E-state index contributed by atoms with van der Waals surface area (Å²) in [6.07, 6.45) is 2.45. The third kappa shape index (κ3) is 3.91. The highest BCUT2D eigenvalue weighted by atomic mass is 16.6. The monoisotopic (exact) mass is 314 g/mol. The lowest BCUT2D eigenvalue weighted by molar-refractivity contribution is -0.122. The van der Waals surface area contributed by atoms with Crippen molar-refractivity contribution in [3.63, 3.8) is 0 Å². The topological polar surface area (TPSA) is 80.6 Å². The second kappa shape index (κ2) is 7.00. The smallest absolute Gasteiger partial charge is 0.290 e. The fourth-order valence-electron chi connectivity index (χ4n) is 2.41. The number of amides is 2. The molecule has 0 spiro atoms. The second-order valence-electron chi connectivity index (χ2n) is 5.35. The van der Waals surface area contributed by atoms with E-state index in [-0.39, 0.29) is 17.6 Å². The van der Waals surface area contributed by atoms with Crippen molar-refractivity contribution < 1.29 is 18.7 Å². The Bertz CT molecular complexity index is 681. The van der Waals surface area contributed by atoms with Gasteiger partial charge in [-0.2, -0.15) is 0 Å². The molecule has 0 bridgehead atoms. The van der Waals surface area contributed by atoms with Gasteiger partial charge in [0.15, 0.2) is 5.76 Å². The summed E-state index contributed by atoms with van der Waals surface area (Å²) in [6.45, 7) is 0.654. The third-order valence-electron chi connectivity index (χ3n) is 3.61. The molecule has 2 heterocycles. The Balaban J connectivity index is 1.63. The number of ether oxygens (including phenoxy) is 1. The minimum atomic E-state index is -0.520. The van der Waals surface area contributed by atoms with Gasteiger partial charge in [0, 0.05) is 12.6 Å². The van der Waals surface area contributed by atoms with Gasteiger partial charge in [0.2, 0.25) is 5.91 Å². The minimum Gasteiger partial charge on any atom is -0.426 e. The zero-order chi connectivity index (χ0) is 16.1. The summed E-state index contributed by atoms with van der Waals surface area (Å²) in [7, 11) is 0. The van der Waals surface area contributed by atoms with Crippen molar-refractivity contribution in [1.29, 1.82) is 0 Å². The van der Waals surface area contributed by atoms with Gasteiger partial charge >= 0.3 is 0 Å².